The number of aryl methyl sites for hydroxylation is 1. The van der Waals surface area contributed by atoms with Crippen LogP contribution in [-0.2, 0) is 0 Å². The molecule has 25 heavy (non-hydrogen) atoms. The van der Waals surface area contributed by atoms with Crippen molar-refractivity contribution in [1.29, 1.82) is 0 Å². The predicted octanol–water partition coefficient (Wildman–Crippen LogP) is 5.32. The Hall–Kier alpha value is -2.94. The van der Waals surface area contributed by atoms with E-state index in [2.05, 4.69) is 36.2 Å². The van der Waals surface area contributed by atoms with Crippen molar-refractivity contribution in [3.8, 4) is 11.3 Å². The maximum absolute atomic E-state index is 6.09. The van der Waals surface area contributed by atoms with Gasteiger partial charge in [-0.2, -0.15) is 0 Å². The number of furan rings is 1. The van der Waals surface area contributed by atoms with Crippen LogP contribution >= 0.6 is 0 Å². The minimum atomic E-state index is 0.867. The van der Waals surface area contributed by atoms with Gasteiger partial charge in [0.25, 0.3) is 0 Å². The fourth-order valence-corrected chi connectivity index (χ4v) is 3.20. The van der Waals surface area contributed by atoms with Gasteiger partial charge in [-0.3, -0.25) is 9.98 Å². The quantitative estimate of drug-likeness (QED) is 0.653. The van der Waals surface area contributed by atoms with Gasteiger partial charge in [0.1, 0.15) is 11.5 Å². The average Bonchev–Trinajstić information content (AvgIpc) is 3.11. The Kier molecular flexibility index (Phi) is 4.30. The SMILES string of the molecule is Cc1ccccc1-c1ccc(/C=C2\CCCN=C2c2cccnc2)o1. The summed E-state index contributed by atoms with van der Waals surface area (Å²) in [5.74, 6) is 1.77. The van der Waals surface area contributed by atoms with Gasteiger partial charge < -0.3 is 4.42 Å². The number of allylic oxidation sites excluding steroid dienone is 1. The number of benzene rings is 1. The third-order valence-electron chi connectivity index (χ3n) is 4.47. The van der Waals surface area contributed by atoms with Gasteiger partial charge in [-0.1, -0.05) is 24.3 Å². The zero-order valence-corrected chi connectivity index (χ0v) is 14.3. The molecule has 0 saturated heterocycles. The van der Waals surface area contributed by atoms with Crippen LogP contribution in [0.15, 0.2) is 75.9 Å². The lowest BCUT2D eigenvalue weighted by atomic mass is 9.96. The smallest absolute Gasteiger partial charge is 0.135 e. The largest absolute Gasteiger partial charge is 0.457 e. The van der Waals surface area contributed by atoms with E-state index in [9.17, 15) is 0 Å². The van der Waals surface area contributed by atoms with E-state index in [1.54, 1.807) is 6.20 Å². The molecule has 2 aromatic heterocycles. The summed E-state index contributed by atoms with van der Waals surface area (Å²) in [7, 11) is 0. The van der Waals surface area contributed by atoms with Crippen LogP contribution < -0.4 is 0 Å². The summed E-state index contributed by atoms with van der Waals surface area (Å²) in [5.41, 5.74) is 5.67. The molecule has 4 rings (SSSR count). The van der Waals surface area contributed by atoms with Crippen molar-refractivity contribution in [3.05, 3.63) is 83.4 Å². The van der Waals surface area contributed by atoms with E-state index in [0.29, 0.717) is 0 Å². The van der Waals surface area contributed by atoms with Crippen molar-refractivity contribution in [1.82, 2.24) is 4.98 Å². The molecular formula is C22H20N2O. The van der Waals surface area contributed by atoms with E-state index in [1.165, 1.54) is 11.1 Å². The Labute approximate surface area is 147 Å². The lowest BCUT2D eigenvalue weighted by molar-refractivity contribution is 0.570. The second kappa shape index (κ2) is 6.89. The van der Waals surface area contributed by atoms with Gasteiger partial charge in [-0.05, 0) is 61.2 Å². The Morgan fingerprint density at radius 1 is 1.04 bits per heavy atom. The predicted molar refractivity (Wildman–Crippen MR) is 102 cm³/mol. The number of nitrogens with zero attached hydrogens (tertiary/aromatic N) is 2. The molecule has 0 unspecified atom stereocenters. The summed E-state index contributed by atoms with van der Waals surface area (Å²) in [6, 6.07) is 16.4. The summed E-state index contributed by atoms with van der Waals surface area (Å²) in [6.45, 7) is 2.97. The van der Waals surface area contributed by atoms with Gasteiger partial charge in [0.05, 0.1) is 5.71 Å². The minimum absolute atomic E-state index is 0.867. The molecule has 124 valence electrons. The summed E-state index contributed by atoms with van der Waals surface area (Å²) >= 11 is 0. The van der Waals surface area contributed by atoms with Gasteiger partial charge in [0.2, 0.25) is 0 Å². The molecule has 0 atom stereocenters. The van der Waals surface area contributed by atoms with Crippen molar-refractivity contribution in [2.45, 2.75) is 19.8 Å². The van der Waals surface area contributed by atoms with E-state index >= 15 is 0 Å². The van der Waals surface area contributed by atoms with Crippen molar-refractivity contribution >= 4 is 11.8 Å². The Balaban J connectivity index is 1.67. The molecule has 0 bridgehead atoms. The fraction of sp³-hybridized carbons (Fsp3) is 0.182. The van der Waals surface area contributed by atoms with Crippen LogP contribution in [0.1, 0.15) is 29.7 Å². The van der Waals surface area contributed by atoms with Gasteiger partial charge in [0, 0.05) is 30.1 Å². The lowest BCUT2D eigenvalue weighted by Gasteiger charge is -2.15. The van der Waals surface area contributed by atoms with Gasteiger partial charge >= 0.3 is 0 Å². The first kappa shape index (κ1) is 15.6. The van der Waals surface area contributed by atoms with E-state index < -0.39 is 0 Å². The molecule has 3 nitrogen and oxygen atoms in total. The number of rotatable bonds is 3. The molecule has 0 radical (unpaired) electrons. The molecule has 3 heteroatoms. The molecule has 0 N–H and O–H groups in total. The molecule has 0 spiro atoms. The normalized spacial score (nSPS) is 16.0. The maximum atomic E-state index is 6.09. The third-order valence-corrected chi connectivity index (χ3v) is 4.47. The molecule has 1 aliphatic heterocycles. The molecular weight excluding hydrogens is 308 g/mol. The fourth-order valence-electron chi connectivity index (χ4n) is 3.20. The van der Waals surface area contributed by atoms with Crippen LogP contribution in [0.5, 0.6) is 0 Å². The Bertz CT molecular complexity index is 935. The first-order chi connectivity index (χ1) is 12.3. The number of aromatic nitrogens is 1. The van der Waals surface area contributed by atoms with Crippen LogP contribution in [0.25, 0.3) is 17.4 Å². The van der Waals surface area contributed by atoms with Crippen LogP contribution in [0, 0.1) is 6.92 Å². The highest BCUT2D eigenvalue weighted by atomic mass is 16.3. The number of aliphatic imine (C=N–C) groups is 1. The van der Waals surface area contributed by atoms with Crippen LogP contribution in [0.3, 0.4) is 0 Å². The Morgan fingerprint density at radius 2 is 1.96 bits per heavy atom. The first-order valence-electron chi connectivity index (χ1n) is 8.63. The molecule has 0 fully saturated rings. The van der Waals surface area contributed by atoms with Crippen molar-refractivity contribution in [3.63, 3.8) is 0 Å². The van der Waals surface area contributed by atoms with E-state index in [4.69, 9.17) is 9.41 Å². The topological polar surface area (TPSA) is 38.4 Å². The second-order valence-corrected chi connectivity index (χ2v) is 6.26. The summed E-state index contributed by atoms with van der Waals surface area (Å²) in [6.07, 6.45) is 7.86. The van der Waals surface area contributed by atoms with E-state index in [1.807, 2.05) is 36.5 Å². The van der Waals surface area contributed by atoms with E-state index in [-0.39, 0.29) is 0 Å². The molecule has 0 aliphatic carbocycles. The Morgan fingerprint density at radius 3 is 2.80 bits per heavy atom. The highest BCUT2D eigenvalue weighted by molar-refractivity contribution is 6.15. The number of pyridine rings is 1. The van der Waals surface area contributed by atoms with Crippen molar-refractivity contribution in [2.24, 2.45) is 4.99 Å². The third kappa shape index (κ3) is 3.31. The van der Waals surface area contributed by atoms with Crippen LogP contribution in [0.4, 0.5) is 0 Å². The number of hydrogen-bond acceptors (Lipinski definition) is 3. The zero-order valence-electron chi connectivity index (χ0n) is 14.3. The standard InChI is InChI=1S/C22H20N2O/c1-16-6-2-3-9-20(16)21-11-10-19(25-21)14-17-7-5-13-24-22(17)18-8-4-12-23-15-18/h2-4,6,8-12,14-15H,5,7,13H2,1H3/b17-14+. The molecule has 1 aromatic carbocycles. The van der Waals surface area contributed by atoms with Crippen molar-refractivity contribution < 1.29 is 4.42 Å². The summed E-state index contributed by atoms with van der Waals surface area (Å²) in [4.78, 5) is 8.95. The highest BCUT2D eigenvalue weighted by Crippen LogP contribution is 2.28. The van der Waals surface area contributed by atoms with Gasteiger partial charge in [-0.15, -0.1) is 0 Å². The average molecular weight is 328 g/mol. The molecule has 0 amide bonds. The maximum Gasteiger partial charge on any atom is 0.135 e. The number of hydrogen-bond donors (Lipinski definition) is 0. The molecule has 3 heterocycles. The monoisotopic (exact) mass is 328 g/mol. The minimum Gasteiger partial charge on any atom is -0.457 e. The summed E-state index contributed by atoms with van der Waals surface area (Å²) in [5, 5.41) is 0. The van der Waals surface area contributed by atoms with Crippen LogP contribution in [0.2, 0.25) is 0 Å². The van der Waals surface area contributed by atoms with Crippen LogP contribution in [-0.4, -0.2) is 17.2 Å². The zero-order chi connectivity index (χ0) is 17.1. The molecule has 1 aliphatic rings. The van der Waals surface area contributed by atoms with Gasteiger partial charge in [-0.25, -0.2) is 0 Å². The van der Waals surface area contributed by atoms with Gasteiger partial charge in [0.15, 0.2) is 0 Å². The second-order valence-electron chi connectivity index (χ2n) is 6.26. The molecule has 3 aromatic rings. The highest BCUT2D eigenvalue weighted by Gasteiger charge is 2.15. The van der Waals surface area contributed by atoms with E-state index in [0.717, 1.165) is 47.7 Å². The van der Waals surface area contributed by atoms with Crippen molar-refractivity contribution in [2.75, 3.05) is 6.54 Å². The lowest BCUT2D eigenvalue weighted by Crippen LogP contribution is -2.11. The first-order valence-corrected chi connectivity index (χ1v) is 8.63. The summed E-state index contributed by atoms with van der Waals surface area (Å²) < 4.78 is 6.09. The molecule has 0 saturated carbocycles.